The topological polar surface area (TPSA) is 37.8 Å². The second-order valence-corrected chi connectivity index (χ2v) is 5.78. The highest BCUT2D eigenvalue weighted by atomic mass is 32.1. The molecule has 0 bridgehead atoms. The molecule has 0 radical (unpaired) electrons. The molecule has 0 saturated heterocycles. The van der Waals surface area contributed by atoms with E-state index < -0.39 is 0 Å². The van der Waals surface area contributed by atoms with Gasteiger partial charge < -0.3 is 5.32 Å². The van der Waals surface area contributed by atoms with Gasteiger partial charge in [0.2, 0.25) is 0 Å². The second kappa shape index (κ2) is 4.43. The molecule has 3 aromatic rings. The molecule has 86 valence electrons. The molecule has 2 heterocycles. The monoisotopic (exact) mass is 261 g/mol. The normalized spacial score (nSPS) is 10.9. The van der Waals surface area contributed by atoms with Gasteiger partial charge in [0.05, 0.1) is 16.8 Å². The zero-order valence-electron chi connectivity index (χ0n) is 9.30. The van der Waals surface area contributed by atoms with E-state index in [1.165, 1.54) is 10.3 Å². The van der Waals surface area contributed by atoms with Crippen LogP contribution < -0.4 is 5.32 Å². The standard InChI is InChI=1S/C12H11N3S2/c1-8-2-3-10-9(6-8)15-12(17-10)14-7-11-13-4-5-16-11/h2-6H,7H2,1H3,(H,14,15). The SMILES string of the molecule is Cc1ccc2sc(NCc3nccs3)nc2c1. The Morgan fingerprint density at radius 2 is 2.29 bits per heavy atom. The van der Waals surface area contributed by atoms with Crippen molar-refractivity contribution in [2.75, 3.05) is 5.32 Å². The third-order valence-electron chi connectivity index (χ3n) is 2.42. The molecule has 17 heavy (non-hydrogen) atoms. The lowest BCUT2D eigenvalue weighted by Crippen LogP contribution is -1.97. The van der Waals surface area contributed by atoms with Gasteiger partial charge in [0.25, 0.3) is 0 Å². The first-order valence-corrected chi connectivity index (χ1v) is 7.00. The predicted octanol–water partition coefficient (Wildman–Crippen LogP) is 3.67. The van der Waals surface area contributed by atoms with Crippen LogP contribution in [0.5, 0.6) is 0 Å². The summed E-state index contributed by atoms with van der Waals surface area (Å²) in [6.07, 6.45) is 1.82. The maximum atomic E-state index is 4.56. The van der Waals surface area contributed by atoms with Crippen LogP contribution in [0.4, 0.5) is 5.13 Å². The summed E-state index contributed by atoms with van der Waals surface area (Å²) in [5, 5.41) is 7.34. The number of aromatic nitrogens is 2. The van der Waals surface area contributed by atoms with Gasteiger partial charge in [-0.15, -0.1) is 11.3 Å². The molecule has 1 aromatic carbocycles. The van der Waals surface area contributed by atoms with Crippen LogP contribution in [0.25, 0.3) is 10.2 Å². The molecule has 5 heteroatoms. The van der Waals surface area contributed by atoms with Crippen LogP contribution in [0, 0.1) is 6.92 Å². The molecule has 0 fully saturated rings. The van der Waals surface area contributed by atoms with Crippen LogP contribution in [0.1, 0.15) is 10.6 Å². The van der Waals surface area contributed by atoms with Crippen molar-refractivity contribution in [2.45, 2.75) is 13.5 Å². The lowest BCUT2D eigenvalue weighted by atomic mass is 10.2. The van der Waals surface area contributed by atoms with Crippen LogP contribution in [-0.2, 0) is 6.54 Å². The van der Waals surface area contributed by atoms with E-state index in [1.807, 2.05) is 11.6 Å². The number of benzene rings is 1. The zero-order valence-corrected chi connectivity index (χ0v) is 10.9. The molecule has 1 N–H and O–H groups in total. The van der Waals surface area contributed by atoms with Gasteiger partial charge in [-0.25, -0.2) is 9.97 Å². The van der Waals surface area contributed by atoms with E-state index in [2.05, 4.69) is 40.4 Å². The number of anilines is 1. The summed E-state index contributed by atoms with van der Waals surface area (Å²) in [7, 11) is 0. The van der Waals surface area contributed by atoms with E-state index in [0.29, 0.717) is 0 Å². The molecular formula is C12H11N3S2. The first-order chi connectivity index (χ1) is 8.31. The summed E-state index contributed by atoms with van der Waals surface area (Å²) in [6.45, 7) is 2.83. The van der Waals surface area contributed by atoms with Crippen LogP contribution in [0.15, 0.2) is 29.8 Å². The lowest BCUT2D eigenvalue weighted by Gasteiger charge is -1.96. The Morgan fingerprint density at radius 3 is 3.12 bits per heavy atom. The number of nitrogens with zero attached hydrogens (tertiary/aromatic N) is 2. The van der Waals surface area contributed by atoms with E-state index in [4.69, 9.17) is 0 Å². The van der Waals surface area contributed by atoms with Crippen molar-refractivity contribution in [3.05, 3.63) is 40.3 Å². The number of aryl methyl sites for hydroxylation is 1. The van der Waals surface area contributed by atoms with Crippen molar-refractivity contribution < 1.29 is 0 Å². The average Bonchev–Trinajstić information content (AvgIpc) is 2.94. The Bertz CT molecular complexity index is 628. The van der Waals surface area contributed by atoms with Gasteiger partial charge in [0.1, 0.15) is 5.01 Å². The van der Waals surface area contributed by atoms with Crippen molar-refractivity contribution in [3.63, 3.8) is 0 Å². The molecule has 0 aliphatic heterocycles. The molecule has 3 nitrogen and oxygen atoms in total. The van der Waals surface area contributed by atoms with Gasteiger partial charge in [0, 0.05) is 11.6 Å². The molecule has 0 saturated carbocycles. The maximum absolute atomic E-state index is 4.56. The highest BCUT2D eigenvalue weighted by Crippen LogP contribution is 2.26. The summed E-state index contributed by atoms with van der Waals surface area (Å²) < 4.78 is 1.22. The Hall–Kier alpha value is -1.46. The van der Waals surface area contributed by atoms with E-state index in [1.54, 1.807) is 22.7 Å². The Balaban J connectivity index is 1.81. The van der Waals surface area contributed by atoms with Crippen LogP contribution in [0.3, 0.4) is 0 Å². The average molecular weight is 261 g/mol. The first kappa shape index (κ1) is 10.7. The van der Waals surface area contributed by atoms with Gasteiger partial charge >= 0.3 is 0 Å². The van der Waals surface area contributed by atoms with E-state index in [0.717, 1.165) is 22.2 Å². The quantitative estimate of drug-likeness (QED) is 0.781. The minimum atomic E-state index is 0.746. The number of thiazole rings is 2. The zero-order chi connectivity index (χ0) is 11.7. The summed E-state index contributed by atoms with van der Waals surface area (Å²) in [6, 6.07) is 6.35. The Kier molecular flexibility index (Phi) is 2.78. The summed E-state index contributed by atoms with van der Waals surface area (Å²) in [5.41, 5.74) is 2.31. The number of hydrogen-bond acceptors (Lipinski definition) is 5. The molecule has 0 aliphatic carbocycles. The predicted molar refractivity (Wildman–Crippen MR) is 73.8 cm³/mol. The van der Waals surface area contributed by atoms with Crippen molar-refractivity contribution in [1.82, 2.24) is 9.97 Å². The summed E-state index contributed by atoms with van der Waals surface area (Å²) in [5.74, 6) is 0. The highest BCUT2D eigenvalue weighted by molar-refractivity contribution is 7.22. The number of fused-ring (bicyclic) bond motifs is 1. The van der Waals surface area contributed by atoms with E-state index >= 15 is 0 Å². The van der Waals surface area contributed by atoms with Crippen molar-refractivity contribution in [3.8, 4) is 0 Å². The number of hydrogen-bond donors (Lipinski definition) is 1. The van der Waals surface area contributed by atoms with Crippen LogP contribution in [-0.4, -0.2) is 9.97 Å². The Labute approximate surface area is 107 Å². The van der Waals surface area contributed by atoms with Crippen LogP contribution in [0.2, 0.25) is 0 Å². The number of nitrogens with one attached hydrogen (secondary N) is 1. The van der Waals surface area contributed by atoms with E-state index in [9.17, 15) is 0 Å². The van der Waals surface area contributed by atoms with Gasteiger partial charge in [0.15, 0.2) is 5.13 Å². The minimum absolute atomic E-state index is 0.746. The Morgan fingerprint density at radius 1 is 1.35 bits per heavy atom. The smallest absolute Gasteiger partial charge is 0.184 e. The summed E-state index contributed by atoms with van der Waals surface area (Å²) >= 11 is 3.34. The highest BCUT2D eigenvalue weighted by Gasteiger charge is 2.04. The van der Waals surface area contributed by atoms with Gasteiger partial charge in [-0.05, 0) is 24.6 Å². The molecular weight excluding hydrogens is 250 g/mol. The molecule has 0 unspecified atom stereocenters. The van der Waals surface area contributed by atoms with Gasteiger partial charge in [-0.3, -0.25) is 0 Å². The fourth-order valence-corrected chi connectivity index (χ4v) is 3.00. The van der Waals surface area contributed by atoms with Crippen molar-refractivity contribution in [1.29, 1.82) is 0 Å². The molecule has 0 atom stereocenters. The van der Waals surface area contributed by atoms with Gasteiger partial charge in [-0.1, -0.05) is 17.4 Å². The molecule has 2 aromatic heterocycles. The molecule has 0 spiro atoms. The fraction of sp³-hybridized carbons (Fsp3) is 0.167. The third-order valence-corrected chi connectivity index (χ3v) is 4.19. The maximum Gasteiger partial charge on any atom is 0.184 e. The third kappa shape index (κ3) is 2.30. The second-order valence-electron chi connectivity index (χ2n) is 3.77. The largest absolute Gasteiger partial charge is 0.355 e. The van der Waals surface area contributed by atoms with Crippen molar-refractivity contribution in [2.24, 2.45) is 0 Å². The first-order valence-electron chi connectivity index (χ1n) is 5.31. The van der Waals surface area contributed by atoms with Gasteiger partial charge in [-0.2, -0.15) is 0 Å². The van der Waals surface area contributed by atoms with Crippen molar-refractivity contribution >= 4 is 38.0 Å². The molecule has 3 rings (SSSR count). The minimum Gasteiger partial charge on any atom is -0.355 e. The van der Waals surface area contributed by atoms with E-state index in [-0.39, 0.29) is 0 Å². The van der Waals surface area contributed by atoms with Crippen LogP contribution >= 0.6 is 22.7 Å². The number of rotatable bonds is 3. The molecule has 0 aliphatic rings. The summed E-state index contributed by atoms with van der Waals surface area (Å²) in [4.78, 5) is 8.79. The molecule has 0 amide bonds. The fourth-order valence-electron chi connectivity index (χ4n) is 1.60. The lowest BCUT2D eigenvalue weighted by molar-refractivity contribution is 1.10.